The molecule has 108 valence electrons. The Morgan fingerprint density at radius 1 is 1.30 bits per heavy atom. The molecule has 3 nitrogen and oxygen atoms in total. The second-order valence-corrected chi connectivity index (χ2v) is 5.86. The molecule has 0 fully saturated rings. The van der Waals surface area contributed by atoms with Gasteiger partial charge in [-0.2, -0.15) is 13.2 Å². The molecule has 2 aliphatic heterocycles. The van der Waals surface area contributed by atoms with Gasteiger partial charge >= 0.3 is 6.18 Å². The zero-order chi connectivity index (χ0) is 14.7. The number of benzene rings is 1. The summed E-state index contributed by atoms with van der Waals surface area (Å²) in [5, 5.41) is 5.86. The number of thiocarbonyl (C=S) groups is 1. The van der Waals surface area contributed by atoms with Crippen molar-refractivity contribution in [1.82, 2.24) is 0 Å². The largest absolute Gasteiger partial charge is 0.493 e. The summed E-state index contributed by atoms with van der Waals surface area (Å²) < 4.78 is 44.9. The molecular weight excluding hydrogens is 289 g/mol. The van der Waals surface area contributed by atoms with Crippen LogP contribution in [0.25, 0.3) is 0 Å². The van der Waals surface area contributed by atoms with Crippen LogP contribution in [-0.4, -0.2) is 17.1 Å². The minimum absolute atomic E-state index is 0.00563. The predicted octanol–water partition coefficient (Wildman–Crippen LogP) is 3.58. The Balaban J connectivity index is 2.25. The number of fused-ring (bicyclic) bond motifs is 3. The minimum Gasteiger partial charge on any atom is -0.493 e. The van der Waals surface area contributed by atoms with Gasteiger partial charge in [-0.15, -0.1) is 0 Å². The van der Waals surface area contributed by atoms with E-state index in [1.807, 2.05) is 13.8 Å². The Labute approximate surface area is 119 Å². The van der Waals surface area contributed by atoms with Gasteiger partial charge in [-0.1, -0.05) is 12.2 Å². The quantitative estimate of drug-likeness (QED) is 0.718. The number of alkyl halides is 3. The maximum atomic E-state index is 13.2. The standard InChI is InChI=1S/C13H13F3N2OS/c1-12(2)11(20)17-10-7(13(14,15)16)5-8-6(3-4-19-8)9(10)18-12/h5,18H,3-4H2,1-2H3,(H,17,20). The summed E-state index contributed by atoms with van der Waals surface area (Å²) in [5.41, 5.74) is -0.116. The van der Waals surface area contributed by atoms with Gasteiger partial charge in [0.15, 0.2) is 0 Å². The topological polar surface area (TPSA) is 33.3 Å². The number of halogens is 3. The van der Waals surface area contributed by atoms with E-state index in [2.05, 4.69) is 10.6 Å². The Kier molecular flexibility index (Phi) is 2.70. The Hall–Kier alpha value is -1.50. The van der Waals surface area contributed by atoms with E-state index in [4.69, 9.17) is 17.0 Å². The van der Waals surface area contributed by atoms with E-state index in [9.17, 15) is 13.2 Å². The van der Waals surface area contributed by atoms with Crippen LogP contribution in [0.15, 0.2) is 6.07 Å². The second-order valence-electron chi connectivity index (χ2n) is 5.45. The first-order chi connectivity index (χ1) is 9.20. The maximum absolute atomic E-state index is 13.2. The molecule has 0 unspecified atom stereocenters. The van der Waals surface area contributed by atoms with Gasteiger partial charge in [0.25, 0.3) is 0 Å². The van der Waals surface area contributed by atoms with Gasteiger partial charge < -0.3 is 15.4 Å². The van der Waals surface area contributed by atoms with Crippen molar-refractivity contribution in [2.45, 2.75) is 32.0 Å². The van der Waals surface area contributed by atoms with Gasteiger partial charge in [0.05, 0.1) is 29.1 Å². The second kappa shape index (κ2) is 4.00. The lowest BCUT2D eigenvalue weighted by Gasteiger charge is -2.37. The van der Waals surface area contributed by atoms with Crippen LogP contribution in [0.1, 0.15) is 25.0 Å². The van der Waals surface area contributed by atoms with Gasteiger partial charge in [-0.3, -0.25) is 0 Å². The molecule has 3 rings (SSSR count). The fourth-order valence-corrected chi connectivity index (χ4v) is 2.62. The normalized spacial score (nSPS) is 19.6. The van der Waals surface area contributed by atoms with Gasteiger partial charge in [0.2, 0.25) is 0 Å². The highest BCUT2D eigenvalue weighted by Crippen LogP contribution is 2.48. The first kappa shape index (κ1) is 13.5. The number of nitrogens with one attached hydrogen (secondary N) is 2. The van der Waals surface area contributed by atoms with Crippen LogP contribution in [0.4, 0.5) is 24.5 Å². The van der Waals surface area contributed by atoms with E-state index in [1.165, 1.54) is 0 Å². The van der Waals surface area contributed by atoms with Crippen LogP contribution < -0.4 is 15.4 Å². The highest BCUT2D eigenvalue weighted by molar-refractivity contribution is 7.80. The van der Waals surface area contributed by atoms with Crippen molar-refractivity contribution in [3.63, 3.8) is 0 Å². The molecule has 0 saturated heterocycles. The Bertz CT molecular complexity index is 611. The zero-order valence-corrected chi connectivity index (χ0v) is 11.8. The van der Waals surface area contributed by atoms with Crippen molar-refractivity contribution in [3.05, 3.63) is 17.2 Å². The van der Waals surface area contributed by atoms with E-state index >= 15 is 0 Å². The number of rotatable bonds is 0. The minimum atomic E-state index is -4.46. The molecule has 20 heavy (non-hydrogen) atoms. The van der Waals surface area contributed by atoms with Crippen LogP contribution in [0, 0.1) is 0 Å². The molecule has 0 saturated carbocycles. The molecule has 0 bridgehead atoms. The van der Waals surface area contributed by atoms with Crippen molar-refractivity contribution in [2.24, 2.45) is 0 Å². The smallest absolute Gasteiger partial charge is 0.418 e. The van der Waals surface area contributed by atoms with Crippen molar-refractivity contribution < 1.29 is 17.9 Å². The molecule has 0 aliphatic carbocycles. The van der Waals surface area contributed by atoms with E-state index in [-0.39, 0.29) is 5.69 Å². The van der Waals surface area contributed by atoms with Crippen molar-refractivity contribution in [1.29, 1.82) is 0 Å². The number of hydrogen-bond donors (Lipinski definition) is 2. The lowest BCUT2D eigenvalue weighted by atomic mass is 9.95. The van der Waals surface area contributed by atoms with Gasteiger partial charge in [-0.05, 0) is 19.9 Å². The van der Waals surface area contributed by atoms with Gasteiger partial charge in [0.1, 0.15) is 10.7 Å². The molecule has 1 aromatic carbocycles. The Morgan fingerprint density at radius 2 is 2.00 bits per heavy atom. The molecule has 0 aromatic heterocycles. The average Bonchev–Trinajstić information content (AvgIpc) is 2.76. The molecule has 0 spiro atoms. The molecule has 1 aromatic rings. The van der Waals surface area contributed by atoms with Gasteiger partial charge in [-0.25, -0.2) is 0 Å². The molecule has 0 amide bonds. The summed E-state index contributed by atoms with van der Waals surface area (Å²) in [6, 6.07) is 1.05. The lowest BCUT2D eigenvalue weighted by Crippen LogP contribution is -2.47. The predicted molar refractivity (Wildman–Crippen MR) is 74.6 cm³/mol. The summed E-state index contributed by atoms with van der Waals surface area (Å²) >= 11 is 5.16. The van der Waals surface area contributed by atoms with Gasteiger partial charge in [0, 0.05) is 12.0 Å². The van der Waals surface area contributed by atoms with Crippen LogP contribution in [0.3, 0.4) is 0 Å². The van der Waals surface area contributed by atoms with Crippen LogP contribution in [0.5, 0.6) is 5.75 Å². The highest BCUT2D eigenvalue weighted by atomic mass is 32.1. The van der Waals surface area contributed by atoms with E-state index in [1.54, 1.807) is 0 Å². The summed E-state index contributed by atoms with van der Waals surface area (Å²) in [7, 11) is 0. The monoisotopic (exact) mass is 302 g/mol. The number of hydrogen-bond acceptors (Lipinski definition) is 3. The molecule has 2 N–H and O–H groups in total. The van der Waals surface area contributed by atoms with Crippen LogP contribution in [0.2, 0.25) is 0 Å². The third-order valence-corrected chi connectivity index (χ3v) is 4.17. The summed E-state index contributed by atoms with van der Waals surface area (Å²) in [6.45, 7) is 4.05. The molecule has 2 aliphatic rings. The van der Waals surface area contributed by atoms with Crippen molar-refractivity contribution >= 4 is 28.6 Å². The first-order valence-corrected chi connectivity index (χ1v) is 6.60. The average molecular weight is 302 g/mol. The highest BCUT2D eigenvalue weighted by Gasteiger charge is 2.42. The summed E-state index contributed by atoms with van der Waals surface area (Å²) in [6.07, 6.45) is -3.87. The zero-order valence-electron chi connectivity index (χ0n) is 10.9. The SMILES string of the molecule is CC1(C)Nc2c3c(cc(C(F)(F)F)c2NC1=S)OCC3. The van der Waals surface area contributed by atoms with Crippen molar-refractivity contribution in [2.75, 3.05) is 17.2 Å². The fraction of sp³-hybridized carbons (Fsp3) is 0.462. The lowest BCUT2D eigenvalue weighted by molar-refractivity contribution is -0.137. The molecule has 7 heteroatoms. The number of anilines is 2. The van der Waals surface area contributed by atoms with Crippen LogP contribution >= 0.6 is 12.2 Å². The third-order valence-electron chi connectivity index (χ3n) is 3.55. The molecule has 0 radical (unpaired) electrons. The van der Waals surface area contributed by atoms with E-state index in [0.717, 1.165) is 11.6 Å². The Morgan fingerprint density at radius 3 is 2.65 bits per heavy atom. The molecular formula is C13H13F3N2OS. The summed E-state index contributed by atoms with van der Waals surface area (Å²) in [4.78, 5) is 0.342. The first-order valence-electron chi connectivity index (χ1n) is 6.19. The maximum Gasteiger partial charge on any atom is 0.418 e. The van der Waals surface area contributed by atoms with E-state index < -0.39 is 17.3 Å². The van der Waals surface area contributed by atoms with Crippen LogP contribution in [-0.2, 0) is 12.6 Å². The molecule has 2 heterocycles. The summed E-state index contributed by atoms with van der Waals surface area (Å²) in [5.74, 6) is 0.300. The molecule has 0 atom stereocenters. The van der Waals surface area contributed by atoms with E-state index in [0.29, 0.717) is 29.5 Å². The number of ether oxygens (including phenoxy) is 1. The fourth-order valence-electron chi connectivity index (χ4n) is 2.47. The van der Waals surface area contributed by atoms with Crippen molar-refractivity contribution in [3.8, 4) is 5.75 Å². The third kappa shape index (κ3) is 1.91.